The van der Waals surface area contributed by atoms with Gasteiger partial charge in [-0.1, -0.05) is 29.8 Å². The molecule has 3 rings (SSSR count). The first-order valence-electron chi connectivity index (χ1n) is 8.83. The number of carbonyl (C=O) groups is 1. The molecular weight excluding hydrogens is 444 g/mol. The molecular formula is C21H19ClN2O4S2. The second-order valence-electron chi connectivity index (χ2n) is 6.35. The molecule has 1 heterocycles. The largest absolute Gasteiger partial charge is 0.484 e. The van der Waals surface area contributed by atoms with Gasteiger partial charge in [-0.15, -0.1) is 17.9 Å². The van der Waals surface area contributed by atoms with Crippen LogP contribution in [0.3, 0.4) is 0 Å². The Bertz CT molecular complexity index is 1140. The molecule has 0 unspecified atom stereocenters. The summed E-state index contributed by atoms with van der Waals surface area (Å²) >= 11 is 7.16. The minimum atomic E-state index is -3.26. The number of sulfone groups is 1. The van der Waals surface area contributed by atoms with Crippen molar-refractivity contribution < 1.29 is 17.9 Å². The molecule has 1 aromatic heterocycles. The Hall–Kier alpha value is -2.68. The van der Waals surface area contributed by atoms with Gasteiger partial charge in [-0.05, 0) is 36.4 Å². The molecule has 0 N–H and O–H groups in total. The van der Waals surface area contributed by atoms with Crippen molar-refractivity contribution in [2.75, 3.05) is 24.3 Å². The van der Waals surface area contributed by atoms with Crippen LogP contribution >= 0.6 is 22.9 Å². The monoisotopic (exact) mass is 462 g/mol. The van der Waals surface area contributed by atoms with Crippen molar-refractivity contribution in [2.24, 2.45) is 0 Å². The second kappa shape index (κ2) is 9.42. The summed E-state index contributed by atoms with van der Waals surface area (Å²) in [6.45, 7) is 3.83. The maximum absolute atomic E-state index is 12.7. The normalized spacial score (nSPS) is 11.1. The average molecular weight is 463 g/mol. The Kier molecular flexibility index (Phi) is 6.91. The van der Waals surface area contributed by atoms with E-state index in [-0.39, 0.29) is 24.0 Å². The maximum atomic E-state index is 12.7. The van der Waals surface area contributed by atoms with Crippen LogP contribution in [0.25, 0.3) is 11.3 Å². The van der Waals surface area contributed by atoms with Crippen molar-refractivity contribution in [1.82, 2.24) is 4.98 Å². The molecule has 0 aliphatic heterocycles. The first-order valence-corrected chi connectivity index (χ1v) is 12.0. The average Bonchev–Trinajstić information content (AvgIpc) is 3.20. The summed E-state index contributed by atoms with van der Waals surface area (Å²) in [5, 5.41) is 2.90. The molecule has 1 amide bonds. The number of amides is 1. The smallest absolute Gasteiger partial charge is 0.266 e. The van der Waals surface area contributed by atoms with Gasteiger partial charge in [0.05, 0.1) is 10.6 Å². The van der Waals surface area contributed by atoms with Crippen molar-refractivity contribution in [3.8, 4) is 17.0 Å². The molecule has 156 valence electrons. The van der Waals surface area contributed by atoms with E-state index in [0.29, 0.717) is 21.6 Å². The van der Waals surface area contributed by atoms with Crippen LogP contribution in [-0.2, 0) is 14.6 Å². The van der Waals surface area contributed by atoms with Crippen LogP contribution in [0.5, 0.6) is 5.75 Å². The van der Waals surface area contributed by atoms with E-state index in [4.69, 9.17) is 16.3 Å². The van der Waals surface area contributed by atoms with E-state index in [9.17, 15) is 13.2 Å². The summed E-state index contributed by atoms with van der Waals surface area (Å²) in [6, 6.07) is 13.2. The Morgan fingerprint density at radius 2 is 1.87 bits per heavy atom. The first-order chi connectivity index (χ1) is 14.3. The van der Waals surface area contributed by atoms with Gasteiger partial charge in [-0.2, -0.15) is 0 Å². The van der Waals surface area contributed by atoms with Gasteiger partial charge in [0, 0.05) is 28.8 Å². The summed E-state index contributed by atoms with van der Waals surface area (Å²) in [5.41, 5.74) is 1.41. The van der Waals surface area contributed by atoms with Gasteiger partial charge in [0.2, 0.25) is 0 Å². The number of anilines is 1. The Labute approximate surface area is 184 Å². The lowest BCUT2D eigenvalue weighted by Crippen LogP contribution is -2.35. The zero-order chi connectivity index (χ0) is 21.7. The van der Waals surface area contributed by atoms with Gasteiger partial charge < -0.3 is 4.74 Å². The Balaban J connectivity index is 1.74. The van der Waals surface area contributed by atoms with E-state index < -0.39 is 9.84 Å². The lowest BCUT2D eigenvalue weighted by Gasteiger charge is -2.18. The molecule has 2 aromatic carbocycles. The molecule has 3 aromatic rings. The van der Waals surface area contributed by atoms with Crippen molar-refractivity contribution in [3.63, 3.8) is 0 Å². The van der Waals surface area contributed by atoms with Gasteiger partial charge in [-0.25, -0.2) is 13.4 Å². The van der Waals surface area contributed by atoms with E-state index in [0.717, 1.165) is 11.8 Å². The number of rotatable bonds is 8. The quantitative estimate of drug-likeness (QED) is 0.462. The van der Waals surface area contributed by atoms with E-state index in [1.54, 1.807) is 42.5 Å². The Morgan fingerprint density at radius 1 is 1.20 bits per heavy atom. The van der Waals surface area contributed by atoms with Crippen LogP contribution in [0.15, 0.2) is 71.5 Å². The summed E-state index contributed by atoms with van der Waals surface area (Å²) < 4.78 is 28.8. The van der Waals surface area contributed by atoms with E-state index in [2.05, 4.69) is 11.6 Å². The molecule has 0 radical (unpaired) electrons. The van der Waals surface area contributed by atoms with Crippen molar-refractivity contribution in [2.45, 2.75) is 4.90 Å². The summed E-state index contributed by atoms with van der Waals surface area (Å²) in [5.74, 6) is 0.273. The standard InChI is InChI=1S/C21H19ClN2O4S2/c1-3-12-24(20(25)13-28-17-8-6-16(22)7-9-17)21-23-19(14-29-21)15-4-10-18(11-5-15)30(2,26)27/h3-11,14H,1,12-13H2,2H3. The maximum Gasteiger partial charge on any atom is 0.266 e. The van der Waals surface area contributed by atoms with Crippen LogP contribution in [0, 0.1) is 0 Å². The molecule has 0 bridgehead atoms. The molecule has 0 atom stereocenters. The van der Waals surface area contributed by atoms with Crippen molar-refractivity contribution in [3.05, 3.63) is 71.6 Å². The van der Waals surface area contributed by atoms with Crippen LogP contribution in [-0.4, -0.2) is 38.7 Å². The molecule has 9 heteroatoms. The first kappa shape index (κ1) is 22.0. The third-order valence-corrected chi connectivity index (χ3v) is 6.33. The number of halogens is 1. The SMILES string of the molecule is C=CCN(C(=O)COc1ccc(Cl)cc1)c1nc(-c2ccc(S(C)(=O)=O)cc2)cs1. The number of benzene rings is 2. The highest BCUT2D eigenvalue weighted by molar-refractivity contribution is 7.90. The summed E-state index contributed by atoms with van der Waals surface area (Å²) in [6.07, 6.45) is 2.77. The predicted molar refractivity (Wildman–Crippen MR) is 120 cm³/mol. The van der Waals surface area contributed by atoms with Gasteiger partial charge >= 0.3 is 0 Å². The minimum absolute atomic E-state index is 0.159. The lowest BCUT2D eigenvalue weighted by atomic mass is 10.2. The highest BCUT2D eigenvalue weighted by Crippen LogP contribution is 2.28. The summed E-state index contributed by atoms with van der Waals surface area (Å²) in [4.78, 5) is 19.0. The predicted octanol–water partition coefficient (Wildman–Crippen LogP) is 4.47. The lowest BCUT2D eigenvalue weighted by molar-refractivity contribution is -0.120. The molecule has 0 fully saturated rings. The molecule has 0 saturated carbocycles. The zero-order valence-electron chi connectivity index (χ0n) is 16.1. The van der Waals surface area contributed by atoms with Crippen LogP contribution in [0.2, 0.25) is 5.02 Å². The van der Waals surface area contributed by atoms with Crippen LogP contribution in [0.4, 0.5) is 5.13 Å². The fourth-order valence-corrected chi connectivity index (χ4v) is 4.18. The number of carbonyl (C=O) groups excluding carboxylic acids is 1. The number of ether oxygens (including phenoxy) is 1. The van der Waals surface area contributed by atoms with Crippen LogP contribution < -0.4 is 9.64 Å². The number of nitrogens with zero attached hydrogens (tertiary/aromatic N) is 2. The van der Waals surface area contributed by atoms with E-state index in [1.165, 1.54) is 28.4 Å². The number of hydrogen-bond donors (Lipinski definition) is 0. The van der Waals surface area contributed by atoms with Gasteiger partial charge in [0.25, 0.3) is 5.91 Å². The van der Waals surface area contributed by atoms with Gasteiger partial charge in [0.1, 0.15) is 5.75 Å². The highest BCUT2D eigenvalue weighted by atomic mass is 35.5. The van der Waals surface area contributed by atoms with E-state index >= 15 is 0 Å². The third kappa shape index (κ3) is 5.47. The number of hydrogen-bond acceptors (Lipinski definition) is 6. The highest BCUT2D eigenvalue weighted by Gasteiger charge is 2.19. The molecule has 30 heavy (non-hydrogen) atoms. The zero-order valence-corrected chi connectivity index (χ0v) is 18.5. The Morgan fingerprint density at radius 3 is 2.47 bits per heavy atom. The van der Waals surface area contributed by atoms with Crippen LogP contribution in [0.1, 0.15) is 0 Å². The van der Waals surface area contributed by atoms with Gasteiger partial charge in [-0.3, -0.25) is 9.69 Å². The topological polar surface area (TPSA) is 76.6 Å². The molecule has 0 aliphatic rings. The number of aromatic nitrogens is 1. The van der Waals surface area contributed by atoms with Crippen molar-refractivity contribution in [1.29, 1.82) is 0 Å². The van der Waals surface area contributed by atoms with Crippen molar-refractivity contribution >= 4 is 43.8 Å². The fraction of sp³-hybridized carbons (Fsp3) is 0.143. The van der Waals surface area contributed by atoms with E-state index in [1.807, 2.05) is 5.38 Å². The third-order valence-electron chi connectivity index (χ3n) is 4.09. The van der Waals surface area contributed by atoms with Gasteiger partial charge in [0.15, 0.2) is 21.6 Å². The summed E-state index contributed by atoms with van der Waals surface area (Å²) in [7, 11) is -3.26. The minimum Gasteiger partial charge on any atom is -0.484 e. The molecule has 0 spiro atoms. The fourth-order valence-electron chi connectivity index (χ4n) is 2.56. The molecule has 0 saturated heterocycles. The molecule has 0 aliphatic carbocycles. The number of thiazole rings is 1. The second-order valence-corrected chi connectivity index (χ2v) is 9.64. The molecule has 6 nitrogen and oxygen atoms in total.